The predicted molar refractivity (Wildman–Crippen MR) is 86.5 cm³/mol. The molecule has 0 saturated carbocycles. The van der Waals surface area contributed by atoms with Crippen LogP contribution in [0.1, 0.15) is 16.1 Å². The predicted octanol–water partition coefficient (Wildman–Crippen LogP) is 5.17. The topological polar surface area (TPSA) is 30.2 Å². The van der Waals surface area contributed by atoms with Crippen molar-refractivity contribution >= 4 is 55.3 Å². The molecule has 1 heterocycles. The molecule has 0 radical (unpaired) electrons. The van der Waals surface area contributed by atoms with Crippen molar-refractivity contribution < 1.29 is 13.6 Å². The molecule has 20 heavy (non-hydrogen) atoms. The largest absolute Gasteiger partial charge is 0.449 e. The Kier molecular flexibility index (Phi) is 3.64. The summed E-state index contributed by atoms with van der Waals surface area (Å²) in [5.74, 6) is -0.609. The number of carbonyl (C=O) groups is 1. The molecule has 5 heteroatoms. The van der Waals surface area contributed by atoms with Gasteiger partial charge in [0.2, 0.25) is 5.78 Å². The number of para-hydroxylation sites is 1. The summed E-state index contributed by atoms with van der Waals surface area (Å²) in [6, 6.07) is 11.6. The van der Waals surface area contributed by atoms with Crippen LogP contribution in [0.4, 0.5) is 4.39 Å². The molecular weight excluding hydrogens is 438 g/mol. The summed E-state index contributed by atoms with van der Waals surface area (Å²) in [6.45, 7) is 0. The van der Waals surface area contributed by atoms with Gasteiger partial charge >= 0.3 is 0 Å². The normalized spacial score (nSPS) is 10.9. The van der Waals surface area contributed by atoms with Crippen LogP contribution in [0.25, 0.3) is 11.0 Å². The summed E-state index contributed by atoms with van der Waals surface area (Å²) in [5, 5.41) is 0.579. The van der Waals surface area contributed by atoms with Crippen LogP contribution in [0.2, 0.25) is 0 Å². The number of fused-ring (bicyclic) bond motifs is 1. The van der Waals surface area contributed by atoms with E-state index in [0.29, 0.717) is 15.4 Å². The third-order valence-electron chi connectivity index (χ3n) is 2.89. The lowest BCUT2D eigenvalue weighted by molar-refractivity contribution is 0.101. The Morgan fingerprint density at radius 2 is 2.00 bits per heavy atom. The van der Waals surface area contributed by atoms with E-state index in [0.717, 1.165) is 3.57 Å². The first-order valence-electron chi connectivity index (χ1n) is 5.74. The minimum absolute atomic E-state index is 0.109. The van der Waals surface area contributed by atoms with Crippen LogP contribution < -0.4 is 0 Å². The van der Waals surface area contributed by atoms with E-state index >= 15 is 0 Å². The average molecular weight is 445 g/mol. The minimum atomic E-state index is -0.469. The lowest BCUT2D eigenvalue weighted by Gasteiger charge is -2.01. The van der Waals surface area contributed by atoms with Crippen LogP contribution >= 0.6 is 38.5 Å². The Labute approximate surface area is 136 Å². The Bertz CT molecular complexity index is 826. The number of rotatable bonds is 2. The Hall–Kier alpha value is -1.21. The van der Waals surface area contributed by atoms with Crippen LogP contribution in [-0.4, -0.2) is 5.78 Å². The lowest BCUT2D eigenvalue weighted by Crippen LogP contribution is -2.01. The van der Waals surface area contributed by atoms with Crippen LogP contribution in [0, 0.1) is 9.39 Å². The number of hydrogen-bond acceptors (Lipinski definition) is 2. The Balaban J connectivity index is 2.13. The Morgan fingerprint density at radius 1 is 1.20 bits per heavy atom. The van der Waals surface area contributed by atoms with Crippen molar-refractivity contribution in [3.63, 3.8) is 0 Å². The molecule has 1 aromatic heterocycles. The molecule has 100 valence electrons. The molecule has 0 amide bonds. The van der Waals surface area contributed by atoms with Gasteiger partial charge in [-0.3, -0.25) is 4.79 Å². The first kappa shape index (κ1) is 13.8. The summed E-state index contributed by atoms with van der Waals surface area (Å²) in [5.41, 5.74) is 0.606. The van der Waals surface area contributed by atoms with E-state index in [1.54, 1.807) is 30.3 Å². The fourth-order valence-electron chi connectivity index (χ4n) is 1.94. The smallest absolute Gasteiger partial charge is 0.229 e. The molecule has 2 nitrogen and oxygen atoms in total. The lowest BCUT2D eigenvalue weighted by atomic mass is 10.1. The number of carbonyl (C=O) groups excluding carboxylic acids is 1. The summed E-state index contributed by atoms with van der Waals surface area (Å²) < 4.78 is 20.6. The van der Waals surface area contributed by atoms with E-state index in [-0.39, 0.29) is 17.1 Å². The molecule has 0 aliphatic rings. The van der Waals surface area contributed by atoms with E-state index in [9.17, 15) is 9.18 Å². The monoisotopic (exact) mass is 444 g/mol. The molecule has 0 aliphatic heterocycles. The molecule has 0 bridgehead atoms. The SMILES string of the molecule is O=C(c1cc2cccc(F)c2o1)c1cc(I)ccc1Br. The highest BCUT2D eigenvalue weighted by Gasteiger charge is 2.18. The van der Waals surface area contributed by atoms with Gasteiger partial charge in [0.25, 0.3) is 0 Å². The zero-order chi connectivity index (χ0) is 14.3. The van der Waals surface area contributed by atoms with Gasteiger partial charge in [-0.2, -0.15) is 0 Å². The van der Waals surface area contributed by atoms with Crippen molar-refractivity contribution in [3.05, 3.63) is 67.6 Å². The molecule has 3 rings (SSSR count). The maximum absolute atomic E-state index is 13.6. The number of halogens is 3. The second-order valence-corrected chi connectivity index (χ2v) is 6.32. The molecule has 0 unspecified atom stereocenters. The van der Waals surface area contributed by atoms with Gasteiger partial charge in [0, 0.05) is 19.0 Å². The summed E-state index contributed by atoms with van der Waals surface area (Å²) in [6.07, 6.45) is 0. The van der Waals surface area contributed by atoms with Gasteiger partial charge in [0.15, 0.2) is 17.2 Å². The van der Waals surface area contributed by atoms with E-state index in [1.807, 2.05) is 6.07 Å². The fraction of sp³-hybridized carbons (Fsp3) is 0. The van der Waals surface area contributed by atoms with E-state index in [2.05, 4.69) is 38.5 Å². The molecule has 0 atom stereocenters. The second-order valence-electron chi connectivity index (χ2n) is 4.22. The van der Waals surface area contributed by atoms with Crippen molar-refractivity contribution in [2.24, 2.45) is 0 Å². The maximum atomic E-state index is 13.6. The standard InChI is InChI=1S/C15H7BrFIO2/c16-11-5-4-9(18)7-10(11)14(19)13-6-8-2-1-3-12(17)15(8)20-13/h1-7H. The molecule has 2 aromatic carbocycles. The van der Waals surface area contributed by atoms with E-state index in [1.165, 1.54) is 6.07 Å². The maximum Gasteiger partial charge on any atom is 0.229 e. The zero-order valence-corrected chi connectivity index (χ0v) is 13.7. The number of hydrogen-bond donors (Lipinski definition) is 0. The summed E-state index contributed by atoms with van der Waals surface area (Å²) in [4.78, 5) is 12.5. The number of benzene rings is 2. The first-order chi connectivity index (χ1) is 9.56. The zero-order valence-electron chi connectivity index (χ0n) is 9.99. The fourth-order valence-corrected chi connectivity index (χ4v) is 2.86. The van der Waals surface area contributed by atoms with Gasteiger partial charge in [-0.15, -0.1) is 0 Å². The van der Waals surface area contributed by atoms with Crippen LogP contribution in [0.5, 0.6) is 0 Å². The third kappa shape index (κ3) is 2.40. The van der Waals surface area contributed by atoms with Gasteiger partial charge in [-0.05, 0) is 52.9 Å². The molecule has 0 saturated heterocycles. The van der Waals surface area contributed by atoms with Gasteiger partial charge in [-0.25, -0.2) is 4.39 Å². The van der Waals surface area contributed by atoms with Crippen molar-refractivity contribution in [2.45, 2.75) is 0 Å². The summed E-state index contributed by atoms with van der Waals surface area (Å²) >= 11 is 5.48. The first-order valence-corrected chi connectivity index (χ1v) is 7.61. The molecule has 0 aliphatic carbocycles. The molecule has 0 fully saturated rings. The van der Waals surface area contributed by atoms with E-state index in [4.69, 9.17) is 4.42 Å². The van der Waals surface area contributed by atoms with Gasteiger partial charge in [0.1, 0.15) is 0 Å². The Morgan fingerprint density at radius 3 is 2.75 bits per heavy atom. The number of furan rings is 1. The molecule has 3 aromatic rings. The summed E-state index contributed by atoms with van der Waals surface area (Å²) in [7, 11) is 0. The van der Waals surface area contributed by atoms with Gasteiger partial charge < -0.3 is 4.42 Å². The van der Waals surface area contributed by atoms with Crippen molar-refractivity contribution in [3.8, 4) is 0 Å². The van der Waals surface area contributed by atoms with Gasteiger partial charge in [0.05, 0.1) is 0 Å². The van der Waals surface area contributed by atoms with Crippen LogP contribution in [0.15, 0.2) is 51.4 Å². The molecular formula is C15H7BrFIO2. The van der Waals surface area contributed by atoms with Crippen molar-refractivity contribution in [2.75, 3.05) is 0 Å². The highest BCUT2D eigenvalue weighted by Crippen LogP contribution is 2.27. The van der Waals surface area contributed by atoms with Crippen molar-refractivity contribution in [1.82, 2.24) is 0 Å². The highest BCUT2D eigenvalue weighted by atomic mass is 127. The van der Waals surface area contributed by atoms with Crippen LogP contribution in [0.3, 0.4) is 0 Å². The number of ketones is 1. The van der Waals surface area contributed by atoms with E-state index < -0.39 is 5.82 Å². The average Bonchev–Trinajstić information content (AvgIpc) is 2.86. The van der Waals surface area contributed by atoms with Crippen LogP contribution in [-0.2, 0) is 0 Å². The van der Waals surface area contributed by atoms with Gasteiger partial charge in [-0.1, -0.05) is 28.1 Å². The molecule has 0 spiro atoms. The second kappa shape index (κ2) is 5.29. The quantitative estimate of drug-likeness (QED) is 0.403. The minimum Gasteiger partial charge on any atom is -0.449 e. The van der Waals surface area contributed by atoms with Crippen molar-refractivity contribution in [1.29, 1.82) is 0 Å². The molecule has 0 N–H and O–H groups in total. The third-order valence-corrected chi connectivity index (χ3v) is 4.26. The highest BCUT2D eigenvalue weighted by molar-refractivity contribution is 14.1.